The van der Waals surface area contributed by atoms with Crippen LogP contribution < -0.4 is 5.73 Å². The van der Waals surface area contributed by atoms with Crippen LogP contribution in [0.25, 0.3) is 11.4 Å². The number of aromatic nitrogens is 4. The molecule has 2 rings (SSSR count). The highest BCUT2D eigenvalue weighted by Gasteiger charge is 2.09. The number of hydrogen-bond acceptors (Lipinski definition) is 4. The first-order valence-electron chi connectivity index (χ1n) is 5.04. The molecule has 2 N–H and O–H groups in total. The Hall–Kier alpha value is -1.43. The summed E-state index contributed by atoms with van der Waals surface area (Å²) in [4.78, 5) is 0. The van der Waals surface area contributed by atoms with Gasteiger partial charge in [0.15, 0.2) is 5.82 Å². The minimum absolute atomic E-state index is 0.684. The maximum Gasteiger partial charge on any atom is 0.182 e. The lowest BCUT2D eigenvalue weighted by atomic mass is 10.2. The van der Waals surface area contributed by atoms with E-state index in [1.54, 1.807) is 4.68 Å². The minimum Gasteiger partial charge on any atom is -0.398 e. The summed E-state index contributed by atoms with van der Waals surface area (Å²) in [6, 6.07) is 5.70. The molecule has 84 valence electrons. The number of rotatable bonds is 3. The molecule has 0 fully saturated rings. The molecular weight excluding hydrogens is 270 g/mol. The first-order valence-corrected chi connectivity index (χ1v) is 5.83. The van der Waals surface area contributed by atoms with Crippen molar-refractivity contribution in [3.8, 4) is 11.4 Å². The van der Waals surface area contributed by atoms with Crippen LogP contribution in [0, 0.1) is 0 Å². The summed E-state index contributed by atoms with van der Waals surface area (Å²) in [7, 11) is 0. The molecule has 5 nitrogen and oxygen atoms in total. The van der Waals surface area contributed by atoms with E-state index < -0.39 is 0 Å². The lowest BCUT2D eigenvalue weighted by Gasteiger charge is -2.04. The van der Waals surface area contributed by atoms with Crippen LogP contribution in [0.1, 0.15) is 13.3 Å². The highest BCUT2D eigenvalue weighted by atomic mass is 79.9. The third-order valence-corrected chi connectivity index (χ3v) is 2.94. The quantitative estimate of drug-likeness (QED) is 0.875. The Morgan fingerprint density at radius 1 is 1.44 bits per heavy atom. The lowest BCUT2D eigenvalue weighted by Crippen LogP contribution is -2.02. The molecule has 1 aromatic heterocycles. The van der Waals surface area contributed by atoms with Crippen molar-refractivity contribution in [1.82, 2.24) is 20.2 Å². The molecule has 6 heteroatoms. The summed E-state index contributed by atoms with van der Waals surface area (Å²) in [5.74, 6) is 0.751. The van der Waals surface area contributed by atoms with Crippen molar-refractivity contribution in [2.24, 2.45) is 0 Å². The van der Waals surface area contributed by atoms with Gasteiger partial charge in [-0.25, -0.2) is 4.68 Å². The minimum atomic E-state index is 0.684. The maximum atomic E-state index is 5.83. The zero-order valence-electron chi connectivity index (χ0n) is 8.89. The van der Waals surface area contributed by atoms with Crippen LogP contribution in [-0.4, -0.2) is 20.2 Å². The van der Waals surface area contributed by atoms with Crippen molar-refractivity contribution in [3.63, 3.8) is 0 Å². The molecule has 0 saturated carbocycles. The molecule has 0 aliphatic heterocycles. The van der Waals surface area contributed by atoms with Gasteiger partial charge in [-0.1, -0.05) is 6.92 Å². The summed E-state index contributed by atoms with van der Waals surface area (Å²) in [6.45, 7) is 2.89. The smallest absolute Gasteiger partial charge is 0.182 e. The van der Waals surface area contributed by atoms with Gasteiger partial charge in [-0.05, 0) is 51.0 Å². The van der Waals surface area contributed by atoms with Gasteiger partial charge in [0, 0.05) is 22.3 Å². The van der Waals surface area contributed by atoms with Gasteiger partial charge in [0.05, 0.1) is 0 Å². The van der Waals surface area contributed by atoms with Crippen LogP contribution in [0.5, 0.6) is 0 Å². The van der Waals surface area contributed by atoms with E-state index in [0.717, 1.165) is 28.8 Å². The summed E-state index contributed by atoms with van der Waals surface area (Å²) in [5, 5.41) is 11.6. The van der Waals surface area contributed by atoms with Gasteiger partial charge in [0.25, 0.3) is 0 Å². The van der Waals surface area contributed by atoms with E-state index in [-0.39, 0.29) is 0 Å². The number of halogens is 1. The van der Waals surface area contributed by atoms with E-state index in [2.05, 4.69) is 38.4 Å². The number of nitrogen functional groups attached to an aromatic ring is 1. The summed E-state index contributed by atoms with van der Waals surface area (Å²) < 4.78 is 2.66. The molecule has 1 aromatic carbocycles. The van der Waals surface area contributed by atoms with Gasteiger partial charge in [0.1, 0.15) is 0 Å². The summed E-state index contributed by atoms with van der Waals surface area (Å²) in [5.41, 5.74) is 7.44. The van der Waals surface area contributed by atoms with Gasteiger partial charge >= 0.3 is 0 Å². The van der Waals surface area contributed by atoms with Crippen LogP contribution in [0.2, 0.25) is 0 Å². The molecule has 0 aliphatic rings. The third-order valence-electron chi connectivity index (χ3n) is 2.22. The van der Waals surface area contributed by atoms with E-state index in [9.17, 15) is 0 Å². The molecule has 0 atom stereocenters. The molecule has 0 aliphatic carbocycles. The predicted octanol–water partition coefficient (Wildman–Crippen LogP) is 2.09. The van der Waals surface area contributed by atoms with Crippen LogP contribution in [0.15, 0.2) is 22.7 Å². The Bertz CT molecular complexity index is 494. The Balaban J connectivity index is 2.42. The molecular formula is C10H12BrN5. The molecule has 0 bridgehead atoms. The zero-order chi connectivity index (χ0) is 11.5. The average Bonchev–Trinajstić information content (AvgIpc) is 2.71. The average molecular weight is 282 g/mol. The zero-order valence-corrected chi connectivity index (χ0v) is 10.5. The standard InChI is InChI=1S/C10H12BrN5/c1-2-5-16-10(13-14-15-16)7-3-4-8(11)9(12)6-7/h3-4,6H,2,5,12H2,1H3. The highest BCUT2D eigenvalue weighted by Crippen LogP contribution is 2.25. The van der Waals surface area contributed by atoms with Crippen LogP contribution in [0.3, 0.4) is 0 Å². The maximum absolute atomic E-state index is 5.83. The molecule has 0 radical (unpaired) electrons. The second-order valence-electron chi connectivity index (χ2n) is 3.46. The fraction of sp³-hybridized carbons (Fsp3) is 0.300. The number of aryl methyl sites for hydroxylation is 1. The number of tetrazole rings is 1. The second-order valence-corrected chi connectivity index (χ2v) is 4.32. The van der Waals surface area contributed by atoms with E-state index in [1.807, 2.05) is 18.2 Å². The summed E-state index contributed by atoms with van der Waals surface area (Å²) >= 11 is 3.36. The Morgan fingerprint density at radius 3 is 2.94 bits per heavy atom. The molecule has 2 aromatic rings. The second kappa shape index (κ2) is 4.61. The molecule has 0 saturated heterocycles. The van der Waals surface area contributed by atoms with Crippen LogP contribution >= 0.6 is 15.9 Å². The number of benzene rings is 1. The molecule has 0 unspecified atom stereocenters. The summed E-state index contributed by atoms with van der Waals surface area (Å²) in [6.07, 6.45) is 0.990. The SMILES string of the molecule is CCCn1nnnc1-c1ccc(Br)c(N)c1. The number of anilines is 1. The predicted molar refractivity (Wildman–Crippen MR) is 65.7 cm³/mol. The van der Waals surface area contributed by atoms with E-state index in [0.29, 0.717) is 5.69 Å². The van der Waals surface area contributed by atoms with Gasteiger partial charge in [-0.2, -0.15) is 0 Å². The number of nitrogens with two attached hydrogens (primary N) is 1. The van der Waals surface area contributed by atoms with Crippen molar-refractivity contribution in [1.29, 1.82) is 0 Å². The number of hydrogen-bond donors (Lipinski definition) is 1. The van der Waals surface area contributed by atoms with Crippen molar-refractivity contribution in [2.75, 3.05) is 5.73 Å². The normalized spacial score (nSPS) is 10.6. The van der Waals surface area contributed by atoms with Crippen molar-refractivity contribution >= 4 is 21.6 Å². The number of nitrogens with zero attached hydrogens (tertiary/aromatic N) is 4. The van der Waals surface area contributed by atoms with Gasteiger partial charge in [-0.15, -0.1) is 5.10 Å². The van der Waals surface area contributed by atoms with Gasteiger partial charge in [-0.3, -0.25) is 0 Å². The fourth-order valence-corrected chi connectivity index (χ4v) is 1.70. The van der Waals surface area contributed by atoms with Crippen molar-refractivity contribution in [3.05, 3.63) is 22.7 Å². The van der Waals surface area contributed by atoms with Gasteiger partial charge in [0.2, 0.25) is 0 Å². The molecule has 0 spiro atoms. The Kier molecular flexibility index (Phi) is 3.19. The lowest BCUT2D eigenvalue weighted by molar-refractivity contribution is 0.583. The Morgan fingerprint density at radius 2 is 2.25 bits per heavy atom. The first-order chi connectivity index (χ1) is 7.72. The fourth-order valence-electron chi connectivity index (χ4n) is 1.46. The molecule has 0 amide bonds. The van der Waals surface area contributed by atoms with E-state index in [4.69, 9.17) is 5.73 Å². The highest BCUT2D eigenvalue weighted by molar-refractivity contribution is 9.10. The molecule has 1 heterocycles. The van der Waals surface area contributed by atoms with Crippen molar-refractivity contribution in [2.45, 2.75) is 19.9 Å². The van der Waals surface area contributed by atoms with E-state index in [1.165, 1.54) is 0 Å². The topological polar surface area (TPSA) is 69.6 Å². The Labute approximate surface area is 102 Å². The monoisotopic (exact) mass is 281 g/mol. The van der Waals surface area contributed by atoms with Crippen LogP contribution in [0.4, 0.5) is 5.69 Å². The van der Waals surface area contributed by atoms with Gasteiger partial charge < -0.3 is 5.73 Å². The first kappa shape index (κ1) is 11.1. The van der Waals surface area contributed by atoms with E-state index >= 15 is 0 Å². The molecule has 16 heavy (non-hydrogen) atoms. The largest absolute Gasteiger partial charge is 0.398 e. The van der Waals surface area contributed by atoms with Crippen LogP contribution in [-0.2, 0) is 6.54 Å². The van der Waals surface area contributed by atoms with Crippen molar-refractivity contribution < 1.29 is 0 Å². The third kappa shape index (κ3) is 2.06.